The van der Waals surface area contributed by atoms with Gasteiger partial charge in [0.1, 0.15) is 11.5 Å². The van der Waals surface area contributed by atoms with Crippen LogP contribution in [0.15, 0.2) is 36.7 Å². The van der Waals surface area contributed by atoms with Gasteiger partial charge in [0, 0.05) is 31.0 Å². The number of aromatic nitrogens is 2. The summed E-state index contributed by atoms with van der Waals surface area (Å²) in [6.07, 6.45) is 6.51. The summed E-state index contributed by atoms with van der Waals surface area (Å²) in [7, 11) is 4.03. The van der Waals surface area contributed by atoms with Crippen molar-refractivity contribution in [3.8, 4) is 0 Å². The van der Waals surface area contributed by atoms with E-state index in [4.69, 9.17) is 0 Å². The number of carbonyl (C=O) groups excluding carboxylic acids is 1. The first-order valence-electron chi connectivity index (χ1n) is 10.4. The molecule has 2 N–H and O–H groups in total. The number of nitrogens with one attached hydrogen (secondary N) is 2. The monoisotopic (exact) mass is 396 g/mol. The van der Waals surface area contributed by atoms with Gasteiger partial charge >= 0.3 is 0 Å². The van der Waals surface area contributed by atoms with Crippen LogP contribution >= 0.6 is 0 Å². The Hall–Kier alpha value is -2.67. The molecule has 0 saturated carbocycles. The molecule has 1 aliphatic rings. The number of piperidine rings is 1. The maximum absolute atomic E-state index is 12.1. The topological polar surface area (TPSA) is 73.4 Å². The van der Waals surface area contributed by atoms with Crippen molar-refractivity contribution in [1.29, 1.82) is 0 Å². The largest absolute Gasteiger partial charge is 0.372 e. The van der Waals surface area contributed by atoms with Crippen molar-refractivity contribution < 1.29 is 4.79 Å². The summed E-state index contributed by atoms with van der Waals surface area (Å²) in [5.74, 6) is 1.26. The minimum Gasteiger partial charge on any atom is -0.372 e. The van der Waals surface area contributed by atoms with Gasteiger partial charge in [0.15, 0.2) is 0 Å². The van der Waals surface area contributed by atoms with Crippen molar-refractivity contribution in [3.63, 3.8) is 0 Å². The molecule has 0 atom stereocenters. The lowest BCUT2D eigenvalue weighted by Crippen LogP contribution is -2.32. The lowest BCUT2D eigenvalue weighted by molar-refractivity contribution is 0.0947. The number of hydrogen-bond acceptors (Lipinski definition) is 6. The summed E-state index contributed by atoms with van der Waals surface area (Å²) in [5.41, 5.74) is 2.54. The summed E-state index contributed by atoms with van der Waals surface area (Å²) in [4.78, 5) is 25.2. The highest BCUT2D eigenvalue weighted by atomic mass is 16.1. The number of nitrogens with zero attached hydrogens (tertiary/aromatic N) is 4. The van der Waals surface area contributed by atoms with Gasteiger partial charge in [-0.15, -0.1) is 0 Å². The maximum atomic E-state index is 12.1. The van der Waals surface area contributed by atoms with Crippen LogP contribution < -0.4 is 15.5 Å². The molecule has 29 heavy (non-hydrogen) atoms. The van der Waals surface area contributed by atoms with Crippen LogP contribution in [0.4, 0.5) is 17.2 Å². The standard InChI is InChI=1S/C22H32N6O/c1-17-9-13-28(14-10-17)19-7-5-18(6-8-19)26-21-16-24-20(15-25-21)22(29)23-11-4-12-27(2)3/h5-8,15-17H,4,9-14H2,1-3H3,(H,23,29)(H,25,26). The van der Waals surface area contributed by atoms with E-state index in [1.54, 1.807) is 6.20 Å². The van der Waals surface area contributed by atoms with E-state index < -0.39 is 0 Å². The summed E-state index contributed by atoms with van der Waals surface area (Å²) >= 11 is 0. The van der Waals surface area contributed by atoms with Crippen molar-refractivity contribution in [2.75, 3.05) is 50.5 Å². The highest BCUT2D eigenvalue weighted by molar-refractivity contribution is 5.92. The molecule has 0 unspecified atom stereocenters. The fourth-order valence-corrected chi connectivity index (χ4v) is 3.37. The molecule has 7 heteroatoms. The van der Waals surface area contributed by atoms with Crippen molar-refractivity contribution >= 4 is 23.1 Å². The fraction of sp³-hybridized carbons (Fsp3) is 0.500. The number of carbonyl (C=O) groups is 1. The van der Waals surface area contributed by atoms with Gasteiger partial charge in [-0.3, -0.25) is 4.79 Å². The molecule has 0 radical (unpaired) electrons. The maximum Gasteiger partial charge on any atom is 0.271 e. The van der Waals surface area contributed by atoms with Gasteiger partial charge in [0.05, 0.1) is 12.4 Å². The molecule has 1 aromatic heterocycles. The Morgan fingerprint density at radius 2 is 1.86 bits per heavy atom. The second kappa shape index (κ2) is 10.2. The van der Waals surface area contributed by atoms with E-state index in [9.17, 15) is 4.79 Å². The van der Waals surface area contributed by atoms with E-state index in [0.717, 1.165) is 37.7 Å². The highest BCUT2D eigenvalue weighted by Crippen LogP contribution is 2.25. The van der Waals surface area contributed by atoms with Crippen molar-refractivity contribution in [3.05, 3.63) is 42.4 Å². The van der Waals surface area contributed by atoms with Crippen LogP contribution in [0.1, 0.15) is 36.7 Å². The smallest absolute Gasteiger partial charge is 0.271 e. The van der Waals surface area contributed by atoms with Crippen molar-refractivity contribution in [2.24, 2.45) is 5.92 Å². The third-order valence-electron chi connectivity index (χ3n) is 5.24. The van der Waals surface area contributed by atoms with Crippen LogP contribution in [-0.2, 0) is 0 Å². The second-order valence-corrected chi connectivity index (χ2v) is 8.04. The first-order chi connectivity index (χ1) is 14.0. The Morgan fingerprint density at radius 1 is 1.14 bits per heavy atom. The first-order valence-corrected chi connectivity index (χ1v) is 10.4. The van der Waals surface area contributed by atoms with E-state index in [0.29, 0.717) is 18.1 Å². The zero-order valence-corrected chi connectivity index (χ0v) is 17.7. The summed E-state index contributed by atoms with van der Waals surface area (Å²) < 4.78 is 0. The van der Waals surface area contributed by atoms with Gasteiger partial charge in [-0.25, -0.2) is 9.97 Å². The molecule has 1 fully saturated rings. The number of amides is 1. The van der Waals surface area contributed by atoms with Gasteiger partial charge in [0.25, 0.3) is 5.91 Å². The molecule has 1 saturated heterocycles. The Kier molecular flexibility index (Phi) is 7.41. The van der Waals surface area contributed by atoms with Crippen LogP contribution in [-0.4, -0.2) is 61.0 Å². The molecule has 1 aromatic carbocycles. The third kappa shape index (κ3) is 6.42. The third-order valence-corrected chi connectivity index (χ3v) is 5.24. The molecule has 1 amide bonds. The minimum absolute atomic E-state index is 0.192. The average Bonchev–Trinajstić information content (AvgIpc) is 2.73. The predicted octanol–water partition coefficient (Wildman–Crippen LogP) is 3.14. The predicted molar refractivity (Wildman–Crippen MR) is 118 cm³/mol. The SMILES string of the molecule is CC1CCN(c2ccc(Nc3cnc(C(=O)NCCCN(C)C)cn3)cc2)CC1. The lowest BCUT2D eigenvalue weighted by Gasteiger charge is -2.32. The van der Waals surface area contributed by atoms with Crippen LogP contribution in [0.2, 0.25) is 0 Å². The zero-order chi connectivity index (χ0) is 20.6. The molecule has 7 nitrogen and oxygen atoms in total. The van der Waals surface area contributed by atoms with E-state index in [-0.39, 0.29) is 5.91 Å². The van der Waals surface area contributed by atoms with Crippen LogP contribution in [0.5, 0.6) is 0 Å². The summed E-state index contributed by atoms with van der Waals surface area (Å²) in [6, 6.07) is 8.39. The normalized spacial score (nSPS) is 14.8. The van der Waals surface area contributed by atoms with Crippen LogP contribution in [0.3, 0.4) is 0 Å². The van der Waals surface area contributed by atoms with E-state index in [2.05, 4.69) is 61.6 Å². The summed E-state index contributed by atoms with van der Waals surface area (Å²) in [6.45, 7) is 6.13. The number of benzene rings is 1. The van der Waals surface area contributed by atoms with Gasteiger partial charge in [-0.05, 0) is 70.1 Å². The van der Waals surface area contributed by atoms with Gasteiger partial charge in [-0.1, -0.05) is 6.92 Å². The van der Waals surface area contributed by atoms with Gasteiger partial charge in [-0.2, -0.15) is 0 Å². The Balaban J connectivity index is 1.49. The van der Waals surface area contributed by atoms with E-state index in [1.165, 1.54) is 24.7 Å². The van der Waals surface area contributed by atoms with Crippen LogP contribution in [0, 0.1) is 5.92 Å². The second-order valence-electron chi connectivity index (χ2n) is 8.04. The quantitative estimate of drug-likeness (QED) is 0.668. The number of rotatable bonds is 8. The van der Waals surface area contributed by atoms with Gasteiger partial charge < -0.3 is 20.4 Å². The lowest BCUT2D eigenvalue weighted by atomic mass is 9.99. The molecule has 0 aliphatic carbocycles. The van der Waals surface area contributed by atoms with Gasteiger partial charge in [0.2, 0.25) is 0 Å². The number of anilines is 3. The Labute approximate surface area is 173 Å². The molecular weight excluding hydrogens is 364 g/mol. The highest BCUT2D eigenvalue weighted by Gasteiger charge is 2.15. The fourth-order valence-electron chi connectivity index (χ4n) is 3.37. The average molecular weight is 397 g/mol. The molecule has 156 valence electrons. The molecule has 3 rings (SSSR count). The van der Waals surface area contributed by atoms with E-state index in [1.807, 2.05) is 14.1 Å². The Bertz CT molecular complexity index is 767. The molecule has 0 bridgehead atoms. The molecule has 2 aromatic rings. The van der Waals surface area contributed by atoms with Crippen LogP contribution in [0.25, 0.3) is 0 Å². The first kappa shape index (κ1) is 21.0. The molecule has 2 heterocycles. The van der Waals surface area contributed by atoms with Crippen molar-refractivity contribution in [2.45, 2.75) is 26.2 Å². The molecular formula is C22H32N6O. The van der Waals surface area contributed by atoms with Crippen molar-refractivity contribution in [1.82, 2.24) is 20.2 Å². The zero-order valence-electron chi connectivity index (χ0n) is 17.7. The molecule has 1 aliphatic heterocycles. The Morgan fingerprint density at radius 3 is 2.48 bits per heavy atom. The summed E-state index contributed by atoms with van der Waals surface area (Å²) in [5, 5.41) is 6.11. The van der Waals surface area contributed by atoms with E-state index >= 15 is 0 Å². The minimum atomic E-state index is -0.192. The molecule has 0 spiro atoms. The number of hydrogen-bond donors (Lipinski definition) is 2.